The van der Waals surface area contributed by atoms with Crippen LogP contribution in [0.3, 0.4) is 0 Å². The van der Waals surface area contributed by atoms with Gasteiger partial charge >= 0.3 is 0 Å². The van der Waals surface area contributed by atoms with Crippen molar-refractivity contribution in [2.75, 3.05) is 0 Å². The summed E-state index contributed by atoms with van der Waals surface area (Å²) in [6.45, 7) is 2.04. The van der Waals surface area contributed by atoms with Crippen molar-refractivity contribution in [1.82, 2.24) is 0 Å². The molecule has 2 rings (SSSR count). The standard InChI is InChI=1S/C10H11NOS/c1-6-4-8-9(13-6)3-2-7(5-11)10(8)12/h4,7,10,12H,2-3H2,1H3. The molecule has 3 heteroatoms. The minimum Gasteiger partial charge on any atom is -0.387 e. The highest BCUT2D eigenvalue weighted by Crippen LogP contribution is 2.38. The number of fused-ring (bicyclic) bond motifs is 1. The third-order valence-corrected chi connectivity index (χ3v) is 3.64. The molecule has 2 atom stereocenters. The van der Waals surface area contributed by atoms with Crippen LogP contribution >= 0.6 is 11.3 Å². The molecule has 1 aliphatic carbocycles. The molecule has 0 aromatic carbocycles. The maximum absolute atomic E-state index is 9.82. The Bertz CT molecular complexity index is 363. The highest BCUT2D eigenvalue weighted by molar-refractivity contribution is 7.12. The smallest absolute Gasteiger partial charge is 0.0959 e. The Morgan fingerprint density at radius 3 is 3.15 bits per heavy atom. The van der Waals surface area contributed by atoms with Crippen LogP contribution in [0.2, 0.25) is 0 Å². The van der Waals surface area contributed by atoms with E-state index in [9.17, 15) is 5.11 Å². The summed E-state index contributed by atoms with van der Waals surface area (Å²) < 4.78 is 0. The molecule has 0 fully saturated rings. The van der Waals surface area contributed by atoms with Gasteiger partial charge in [0.2, 0.25) is 0 Å². The molecule has 1 aromatic rings. The van der Waals surface area contributed by atoms with Gasteiger partial charge in [-0.1, -0.05) is 0 Å². The predicted octanol–water partition coefficient (Wildman–Crippen LogP) is 2.18. The van der Waals surface area contributed by atoms with Crippen molar-refractivity contribution < 1.29 is 5.11 Å². The van der Waals surface area contributed by atoms with Crippen LogP contribution in [-0.4, -0.2) is 5.11 Å². The molecule has 1 heterocycles. The predicted molar refractivity (Wildman–Crippen MR) is 51.4 cm³/mol. The molecular weight excluding hydrogens is 182 g/mol. The summed E-state index contributed by atoms with van der Waals surface area (Å²) in [6.07, 6.45) is 1.19. The van der Waals surface area contributed by atoms with E-state index in [2.05, 4.69) is 6.07 Å². The largest absolute Gasteiger partial charge is 0.387 e. The van der Waals surface area contributed by atoms with Gasteiger partial charge in [-0.15, -0.1) is 11.3 Å². The molecule has 0 aliphatic heterocycles. The average molecular weight is 193 g/mol. The molecule has 1 aromatic heterocycles. The Kier molecular flexibility index (Phi) is 2.10. The van der Waals surface area contributed by atoms with E-state index >= 15 is 0 Å². The van der Waals surface area contributed by atoms with Crippen molar-refractivity contribution in [2.45, 2.75) is 25.9 Å². The Balaban J connectivity index is 2.39. The van der Waals surface area contributed by atoms with Crippen LogP contribution in [0.1, 0.15) is 27.8 Å². The number of aliphatic hydroxyl groups is 1. The van der Waals surface area contributed by atoms with Crippen LogP contribution in [-0.2, 0) is 6.42 Å². The number of thiophene rings is 1. The lowest BCUT2D eigenvalue weighted by Gasteiger charge is -2.22. The van der Waals surface area contributed by atoms with Crippen LogP contribution in [0.5, 0.6) is 0 Å². The van der Waals surface area contributed by atoms with Gasteiger partial charge < -0.3 is 5.11 Å². The third kappa shape index (κ3) is 1.37. The number of nitriles is 1. The number of rotatable bonds is 0. The molecule has 0 saturated heterocycles. The summed E-state index contributed by atoms with van der Waals surface area (Å²) in [5, 5.41) is 18.6. The fourth-order valence-corrected chi connectivity index (χ4v) is 2.92. The van der Waals surface area contributed by atoms with Crippen molar-refractivity contribution in [3.63, 3.8) is 0 Å². The molecule has 1 aliphatic rings. The van der Waals surface area contributed by atoms with Gasteiger partial charge in [-0.3, -0.25) is 0 Å². The summed E-state index contributed by atoms with van der Waals surface area (Å²) in [5.41, 5.74) is 0.986. The van der Waals surface area contributed by atoms with Gasteiger partial charge in [0.1, 0.15) is 0 Å². The van der Waals surface area contributed by atoms with E-state index in [0.717, 1.165) is 18.4 Å². The van der Waals surface area contributed by atoms with Gasteiger partial charge in [0.25, 0.3) is 0 Å². The van der Waals surface area contributed by atoms with E-state index in [4.69, 9.17) is 5.26 Å². The summed E-state index contributed by atoms with van der Waals surface area (Å²) in [5.74, 6) is -0.207. The lowest BCUT2D eigenvalue weighted by molar-refractivity contribution is 0.122. The van der Waals surface area contributed by atoms with Crippen LogP contribution in [0.15, 0.2) is 6.07 Å². The lowest BCUT2D eigenvalue weighted by atomic mass is 9.87. The first-order valence-electron chi connectivity index (χ1n) is 4.39. The monoisotopic (exact) mass is 193 g/mol. The van der Waals surface area contributed by atoms with Gasteiger partial charge in [-0.25, -0.2) is 0 Å². The normalized spacial score (nSPS) is 26.5. The molecule has 68 valence electrons. The molecule has 0 spiro atoms. The maximum atomic E-state index is 9.82. The van der Waals surface area contributed by atoms with Crippen LogP contribution in [0, 0.1) is 24.2 Å². The first-order valence-corrected chi connectivity index (χ1v) is 5.21. The molecule has 0 bridgehead atoms. The quantitative estimate of drug-likeness (QED) is 0.686. The van der Waals surface area contributed by atoms with Gasteiger partial charge in [-0.2, -0.15) is 5.26 Å². The van der Waals surface area contributed by atoms with Gasteiger partial charge in [0, 0.05) is 9.75 Å². The van der Waals surface area contributed by atoms with E-state index < -0.39 is 6.10 Å². The number of nitrogens with zero attached hydrogens (tertiary/aromatic N) is 1. The van der Waals surface area contributed by atoms with E-state index in [-0.39, 0.29) is 5.92 Å². The zero-order valence-electron chi connectivity index (χ0n) is 7.45. The van der Waals surface area contributed by atoms with Gasteiger partial charge in [0.15, 0.2) is 0 Å². The van der Waals surface area contributed by atoms with E-state index in [1.807, 2.05) is 13.0 Å². The molecule has 0 amide bonds. The molecule has 0 saturated carbocycles. The van der Waals surface area contributed by atoms with Gasteiger partial charge in [-0.05, 0) is 31.4 Å². The first-order chi connectivity index (χ1) is 6.22. The zero-order valence-corrected chi connectivity index (χ0v) is 8.27. The van der Waals surface area contributed by atoms with Crippen LogP contribution in [0.25, 0.3) is 0 Å². The molecule has 1 N–H and O–H groups in total. The second-order valence-electron chi connectivity index (χ2n) is 3.45. The SMILES string of the molecule is Cc1cc2c(s1)CCC(C#N)C2O. The highest BCUT2D eigenvalue weighted by Gasteiger charge is 2.29. The Hall–Kier alpha value is -0.850. The minimum absolute atomic E-state index is 0.207. The lowest BCUT2D eigenvalue weighted by Crippen LogP contribution is -2.17. The Morgan fingerprint density at radius 1 is 1.69 bits per heavy atom. The fourth-order valence-electron chi connectivity index (χ4n) is 1.82. The molecule has 13 heavy (non-hydrogen) atoms. The number of hydrogen-bond donors (Lipinski definition) is 1. The van der Waals surface area contributed by atoms with Gasteiger partial charge in [0.05, 0.1) is 18.1 Å². The third-order valence-electron chi connectivity index (χ3n) is 2.51. The summed E-state index contributed by atoms with van der Waals surface area (Å²) in [4.78, 5) is 2.49. The zero-order chi connectivity index (χ0) is 9.42. The molecule has 2 unspecified atom stereocenters. The Morgan fingerprint density at radius 2 is 2.46 bits per heavy atom. The van der Waals surface area contributed by atoms with Crippen molar-refractivity contribution in [1.29, 1.82) is 5.26 Å². The minimum atomic E-state index is -0.557. The fraction of sp³-hybridized carbons (Fsp3) is 0.500. The van der Waals surface area contributed by atoms with E-state index in [0.29, 0.717) is 0 Å². The first kappa shape index (κ1) is 8.74. The number of aryl methyl sites for hydroxylation is 2. The highest BCUT2D eigenvalue weighted by atomic mass is 32.1. The maximum Gasteiger partial charge on any atom is 0.0959 e. The van der Waals surface area contributed by atoms with Crippen molar-refractivity contribution in [2.24, 2.45) is 5.92 Å². The van der Waals surface area contributed by atoms with Crippen molar-refractivity contribution in [3.05, 3.63) is 21.4 Å². The Labute approximate surface area is 81.4 Å². The number of hydrogen-bond acceptors (Lipinski definition) is 3. The van der Waals surface area contributed by atoms with Crippen molar-refractivity contribution >= 4 is 11.3 Å². The molecule has 2 nitrogen and oxygen atoms in total. The molecule has 0 radical (unpaired) electrons. The number of aliphatic hydroxyl groups excluding tert-OH is 1. The summed E-state index contributed by atoms with van der Waals surface area (Å²) in [6, 6.07) is 4.17. The van der Waals surface area contributed by atoms with Crippen LogP contribution in [0.4, 0.5) is 0 Å². The summed E-state index contributed by atoms with van der Waals surface area (Å²) in [7, 11) is 0. The molecular formula is C10H11NOS. The van der Waals surface area contributed by atoms with Crippen molar-refractivity contribution in [3.8, 4) is 6.07 Å². The topological polar surface area (TPSA) is 44.0 Å². The second-order valence-corrected chi connectivity index (χ2v) is 4.80. The van der Waals surface area contributed by atoms with E-state index in [1.54, 1.807) is 11.3 Å². The summed E-state index contributed by atoms with van der Waals surface area (Å²) >= 11 is 1.74. The second kappa shape index (κ2) is 3.13. The average Bonchev–Trinajstić information content (AvgIpc) is 2.47. The van der Waals surface area contributed by atoms with Crippen LogP contribution < -0.4 is 0 Å². The van der Waals surface area contributed by atoms with E-state index in [1.165, 1.54) is 9.75 Å².